The summed E-state index contributed by atoms with van der Waals surface area (Å²) in [5.41, 5.74) is -0.925. The molecule has 2 rings (SSSR count). The molecule has 1 fully saturated rings. The molecule has 1 aromatic carbocycles. The summed E-state index contributed by atoms with van der Waals surface area (Å²) >= 11 is 0. The maximum atomic E-state index is 12.9. The summed E-state index contributed by atoms with van der Waals surface area (Å²) < 4.78 is 44.2. The van der Waals surface area contributed by atoms with Crippen molar-refractivity contribution in [1.29, 1.82) is 0 Å². The van der Waals surface area contributed by atoms with Crippen LogP contribution in [0.4, 0.5) is 23.7 Å². The van der Waals surface area contributed by atoms with Crippen molar-refractivity contribution in [3.05, 3.63) is 23.8 Å². The Labute approximate surface area is 149 Å². The van der Waals surface area contributed by atoms with E-state index in [0.29, 0.717) is 32.4 Å². The quantitative estimate of drug-likeness (QED) is 0.833. The zero-order valence-electron chi connectivity index (χ0n) is 14.7. The molecule has 0 saturated carbocycles. The number of urea groups is 1. The van der Waals surface area contributed by atoms with Gasteiger partial charge < -0.3 is 20.3 Å². The molecular weight excluding hydrogens is 351 g/mol. The second kappa shape index (κ2) is 8.29. The molecule has 1 atom stereocenters. The third-order valence-corrected chi connectivity index (χ3v) is 3.98. The summed E-state index contributed by atoms with van der Waals surface area (Å²) in [5, 5.41) is 5.11. The van der Waals surface area contributed by atoms with Crippen LogP contribution in [0.5, 0.6) is 5.75 Å². The molecule has 26 heavy (non-hydrogen) atoms. The summed E-state index contributed by atoms with van der Waals surface area (Å²) in [6.07, 6.45) is -3.05. The third-order valence-electron chi connectivity index (χ3n) is 3.98. The van der Waals surface area contributed by atoms with Crippen LogP contribution in [0, 0.1) is 0 Å². The van der Waals surface area contributed by atoms with Crippen molar-refractivity contribution in [2.24, 2.45) is 0 Å². The van der Waals surface area contributed by atoms with E-state index in [0.717, 1.165) is 12.1 Å². The van der Waals surface area contributed by atoms with Crippen LogP contribution in [0.3, 0.4) is 0 Å². The van der Waals surface area contributed by atoms with Gasteiger partial charge in [0.05, 0.1) is 17.9 Å². The van der Waals surface area contributed by atoms with Gasteiger partial charge in [-0.15, -0.1) is 0 Å². The van der Waals surface area contributed by atoms with Gasteiger partial charge in [-0.1, -0.05) is 6.92 Å². The highest BCUT2D eigenvalue weighted by Gasteiger charge is 2.31. The Hall–Kier alpha value is -2.45. The van der Waals surface area contributed by atoms with Crippen LogP contribution in [0.1, 0.15) is 31.7 Å². The third kappa shape index (κ3) is 5.27. The van der Waals surface area contributed by atoms with E-state index in [9.17, 15) is 22.8 Å². The van der Waals surface area contributed by atoms with Gasteiger partial charge >= 0.3 is 12.2 Å². The number of piperidine rings is 1. The zero-order valence-corrected chi connectivity index (χ0v) is 14.7. The summed E-state index contributed by atoms with van der Waals surface area (Å²) in [6.45, 7) is 2.54. The molecule has 1 unspecified atom stereocenters. The molecule has 1 aliphatic heterocycles. The molecule has 1 heterocycles. The maximum Gasteiger partial charge on any atom is 0.416 e. The van der Waals surface area contributed by atoms with Crippen molar-refractivity contribution in [2.45, 2.75) is 38.4 Å². The molecule has 3 amide bonds. The fraction of sp³-hybridized carbons (Fsp3) is 0.529. The van der Waals surface area contributed by atoms with Gasteiger partial charge in [0.2, 0.25) is 5.91 Å². The van der Waals surface area contributed by atoms with Gasteiger partial charge in [-0.25, -0.2) is 4.79 Å². The van der Waals surface area contributed by atoms with Crippen LogP contribution in [0.2, 0.25) is 0 Å². The average Bonchev–Trinajstić information content (AvgIpc) is 2.56. The Kier molecular flexibility index (Phi) is 6.33. The average molecular weight is 373 g/mol. The zero-order chi connectivity index (χ0) is 19.3. The number of nitrogens with one attached hydrogen (secondary N) is 2. The van der Waals surface area contributed by atoms with Gasteiger partial charge in [0.15, 0.2) is 0 Å². The number of hydrogen-bond donors (Lipinski definition) is 2. The monoisotopic (exact) mass is 373 g/mol. The van der Waals surface area contributed by atoms with Crippen molar-refractivity contribution in [2.75, 3.05) is 25.5 Å². The van der Waals surface area contributed by atoms with Crippen LogP contribution in [-0.2, 0) is 11.0 Å². The first-order valence-corrected chi connectivity index (χ1v) is 8.36. The van der Waals surface area contributed by atoms with Crippen LogP contribution in [0.25, 0.3) is 0 Å². The highest BCUT2D eigenvalue weighted by atomic mass is 19.4. The van der Waals surface area contributed by atoms with Gasteiger partial charge in [0.25, 0.3) is 0 Å². The number of ether oxygens (including phenoxy) is 1. The summed E-state index contributed by atoms with van der Waals surface area (Å²) in [4.78, 5) is 25.2. The number of anilines is 1. The minimum Gasteiger partial charge on any atom is -0.491 e. The van der Waals surface area contributed by atoms with E-state index in [2.05, 4.69) is 10.6 Å². The summed E-state index contributed by atoms with van der Waals surface area (Å²) in [6, 6.07) is 2.06. The molecule has 9 heteroatoms. The van der Waals surface area contributed by atoms with Crippen LogP contribution < -0.4 is 15.4 Å². The number of rotatable bonds is 5. The maximum absolute atomic E-state index is 12.9. The number of carbonyl (C=O) groups is 2. The van der Waals surface area contributed by atoms with E-state index in [-0.39, 0.29) is 23.4 Å². The SMILES string of the molecule is CCCOc1ccc(C(F)(F)F)cc1NC(=O)NC1CCC(=O)N(C)C1. The largest absolute Gasteiger partial charge is 0.491 e. The van der Waals surface area contributed by atoms with Gasteiger partial charge in [0, 0.05) is 26.1 Å². The molecule has 1 saturated heterocycles. The van der Waals surface area contributed by atoms with Crippen LogP contribution in [0.15, 0.2) is 18.2 Å². The van der Waals surface area contributed by atoms with Gasteiger partial charge in [-0.2, -0.15) is 13.2 Å². The number of nitrogens with zero attached hydrogens (tertiary/aromatic N) is 1. The number of amides is 3. The second-order valence-corrected chi connectivity index (χ2v) is 6.17. The van der Waals surface area contributed by atoms with Crippen molar-refractivity contribution in [1.82, 2.24) is 10.2 Å². The highest BCUT2D eigenvalue weighted by Crippen LogP contribution is 2.35. The van der Waals surface area contributed by atoms with E-state index >= 15 is 0 Å². The van der Waals surface area contributed by atoms with Gasteiger partial charge in [0.1, 0.15) is 5.75 Å². The Balaban J connectivity index is 2.09. The Bertz CT molecular complexity index is 664. The van der Waals surface area contributed by atoms with E-state index in [1.54, 1.807) is 7.05 Å². The Morgan fingerprint density at radius 2 is 2.12 bits per heavy atom. The minimum atomic E-state index is -4.53. The molecular formula is C17H22F3N3O3. The second-order valence-electron chi connectivity index (χ2n) is 6.17. The van der Waals surface area contributed by atoms with E-state index < -0.39 is 17.8 Å². The van der Waals surface area contributed by atoms with E-state index in [1.165, 1.54) is 11.0 Å². The molecule has 2 N–H and O–H groups in total. The summed E-state index contributed by atoms with van der Waals surface area (Å²) in [5.74, 6) is 0.169. The molecule has 0 bridgehead atoms. The lowest BCUT2D eigenvalue weighted by molar-refractivity contribution is -0.137. The molecule has 144 valence electrons. The lowest BCUT2D eigenvalue weighted by Crippen LogP contribution is -2.49. The molecule has 1 aliphatic rings. The lowest BCUT2D eigenvalue weighted by atomic mass is 10.1. The van der Waals surface area contributed by atoms with Crippen LogP contribution >= 0.6 is 0 Å². The first-order chi connectivity index (χ1) is 12.2. The van der Waals surface area contributed by atoms with Crippen LogP contribution in [-0.4, -0.2) is 43.1 Å². The first kappa shape index (κ1) is 19.9. The number of benzene rings is 1. The number of halogens is 3. The highest BCUT2D eigenvalue weighted by molar-refractivity contribution is 5.91. The van der Waals surface area contributed by atoms with Crippen molar-refractivity contribution in [3.8, 4) is 5.75 Å². The van der Waals surface area contributed by atoms with Crippen molar-refractivity contribution in [3.63, 3.8) is 0 Å². The fourth-order valence-corrected chi connectivity index (χ4v) is 2.62. The predicted octanol–water partition coefficient (Wildman–Crippen LogP) is 3.24. The van der Waals surface area contributed by atoms with E-state index in [1.807, 2.05) is 6.92 Å². The fourth-order valence-electron chi connectivity index (χ4n) is 2.62. The smallest absolute Gasteiger partial charge is 0.416 e. The first-order valence-electron chi connectivity index (χ1n) is 8.36. The molecule has 0 aromatic heterocycles. The molecule has 0 spiro atoms. The summed E-state index contributed by atoms with van der Waals surface area (Å²) in [7, 11) is 1.64. The number of likely N-dealkylation sites (tertiary alicyclic amines) is 1. The minimum absolute atomic E-state index is 0.00316. The van der Waals surface area contributed by atoms with Gasteiger partial charge in [-0.3, -0.25) is 4.79 Å². The lowest BCUT2D eigenvalue weighted by Gasteiger charge is -2.30. The Morgan fingerprint density at radius 3 is 2.73 bits per heavy atom. The Morgan fingerprint density at radius 1 is 1.38 bits per heavy atom. The van der Waals surface area contributed by atoms with E-state index in [4.69, 9.17) is 4.74 Å². The normalized spacial score (nSPS) is 17.8. The number of likely N-dealkylation sites (N-methyl/N-ethyl adjacent to an activating group) is 1. The standard InChI is InChI=1S/C17H22F3N3O3/c1-3-8-26-14-6-4-11(17(18,19)20)9-13(14)22-16(25)21-12-5-7-15(24)23(2)10-12/h4,6,9,12H,3,5,7-8,10H2,1-2H3,(H2,21,22,25). The number of alkyl halides is 3. The molecule has 0 aliphatic carbocycles. The topological polar surface area (TPSA) is 70.7 Å². The molecule has 0 radical (unpaired) electrons. The number of hydrogen-bond acceptors (Lipinski definition) is 3. The van der Waals surface area contributed by atoms with Crippen molar-refractivity contribution < 1.29 is 27.5 Å². The van der Waals surface area contributed by atoms with Crippen molar-refractivity contribution >= 4 is 17.6 Å². The predicted molar refractivity (Wildman–Crippen MR) is 90.0 cm³/mol. The molecule has 6 nitrogen and oxygen atoms in total. The molecule has 1 aromatic rings. The number of carbonyl (C=O) groups excluding carboxylic acids is 2. The van der Waals surface area contributed by atoms with Gasteiger partial charge in [-0.05, 0) is 31.0 Å².